The molecule has 0 aliphatic rings. The van der Waals surface area contributed by atoms with E-state index in [9.17, 15) is 9.46 Å². The molecule has 4 nitrogen and oxygen atoms in total. The second-order valence-electron chi connectivity index (χ2n) is 1.56. The topological polar surface area (TPSA) is 77.0 Å². The highest BCUT2D eigenvalue weighted by Crippen LogP contribution is 2.26. The van der Waals surface area contributed by atoms with Gasteiger partial charge in [0.2, 0.25) is 0 Å². The SMILES string of the molecule is C[NH2+]CCP(=O)([O-])O. The molecule has 0 rings (SSSR count). The molecule has 8 heavy (non-hydrogen) atoms. The molecule has 0 aromatic rings. The normalized spacial score (nSPS) is 17.9. The maximum absolute atomic E-state index is 9.95. The van der Waals surface area contributed by atoms with Gasteiger partial charge in [-0.1, -0.05) is 0 Å². The minimum Gasteiger partial charge on any atom is -0.778 e. The second-order valence-corrected chi connectivity index (χ2v) is 3.28. The van der Waals surface area contributed by atoms with E-state index < -0.39 is 7.60 Å². The molecule has 0 heterocycles. The third-order valence-electron chi connectivity index (χ3n) is 0.700. The second kappa shape index (κ2) is 3.20. The monoisotopic (exact) mass is 139 g/mol. The van der Waals surface area contributed by atoms with Crippen LogP contribution in [0, 0.1) is 0 Å². The minimum atomic E-state index is -3.96. The highest BCUT2D eigenvalue weighted by molar-refractivity contribution is 7.50. The summed E-state index contributed by atoms with van der Waals surface area (Å²) in [4.78, 5) is 18.1. The molecule has 0 aliphatic carbocycles. The average molecular weight is 139 g/mol. The maximum atomic E-state index is 9.95. The van der Waals surface area contributed by atoms with Crippen molar-refractivity contribution in [1.29, 1.82) is 0 Å². The Morgan fingerprint density at radius 3 is 2.50 bits per heavy atom. The summed E-state index contributed by atoms with van der Waals surface area (Å²) in [6.45, 7) is 0.428. The lowest BCUT2D eigenvalue weighted by Crippen LogP contribution is -2.80. The van der Waals surface area contributed by atoms with Crippen LogP contribution in [0.25, 0.3) is 0 Å². The van der Waals surface area contributed by atoms with Crippen LogP contribution in [0.3, 0.4) is 0 Å². The van der Waals surface area contributed by atoms with E-state index in [0.29, 0.717) is 6.54 Å². The Morgan fingerprint density at radius 2 is 2.38 bits per heavy atom. The lowest BCUT2D eigenvalue weighted by molar-refractivity contribution is -0.623. The summed E-state index contributed by atoms with van der Waals surface area (Å²) in [6.07, 6.45) is -0.135. The molecule has 0 bridgehead atoms. The van der Waals surface area contributed by atoms with Gasteiger partial charge in [0.1, 0.15) is 7.60 Å². The third kappa shape index (κ3) is 6.11. The minimum absolute atomic E-state index is 0.135. The van der Waals surface area contributed by atoms with Crippen molar-refractivity contribution >= 4 is 7.60 Å². The number of hydrogen-bond acceptors (Lipinski definition) is 2. The van der Waals surface area contributed by atoms with E-state index in [-0.39, 0.29) is 6.16 Å². The van der Waals surface area contributed by atoms with E-state index in [4.69, 9.17) is 4.89 Å². The van der Waals surface area contributed by atoms with Crippen LogP contribution in [-0.2, 0) is 4.57 Å². The Labute approximate surface area is 48.1 Å². The molecule has 0 amide bonds. The molecular weight excluding hydrogens is 129 g/mol. The van der Waals surface area contributed by atoms with Gasteiger partial charge in [-0.25, -0.2) is 0 Å². The lowest BCUT2D eigenvalue weighted by Gasteiger charge is -2.12. The summed E-state index contributed by atoms with van der Waals surface area (Å²) in [7, 11) is -2.22. The van der Waals surface area contributed by atoms with E-state index in [1.54, 1.807) is 12.4 Å². The van der Waals surface area contributed by atoms with Crippen LogP contribution in [0.5, 0.6) is 0 Å². The third-order valence-corrected chi connectivity index (χ3v) is 1.52. The highest BCUT2D eigenvalue weighted by Gasteiger charge is 1.99. The Bertz CT molecular complexity index is 98.7. The molecule has 0 fully saturated rings. The van der Waals surface area contributed by atoms with Crippen molar-refractivity contribution in [2.45, 2.75) is 0 Å². The summed E-state index contributed by atoms with van der Waals surface area (Å²) in [5.41, 5.74) is 0. The van der Waals surface area contributed by atoms with Gasteiger partial charge >= 0.3 is 0 Å². The molecule has 1 unspecified atom stereocenters. The van der Waals surface area contributed by atoms with Gasteiger partial charge in [0.25, 0.3) is 0 Å². The Kier molecular flexibility index (Phi) is 3.24. The van der Waals surface area contributed by atoms with Crippen molar-refractivity contribution in [2.75, 3.05) is 19.8 Å². The first kappa shape index (κ1) is 8.11. The van der Waals surface area contributed by atoms with Gasteiger partial charge in [0.05, 0.1) is 19.8 Å². The molecule has 0 saturated carbocycles. The molecular formula is C3H10NO3P. The standard InChI is InChI=1S/C3H10NO3P/c1-4-2-3-8(5,6)7/h4H,2-3H2,1H3,(H2,5,6,7). The van der Waals surface area contributed by atoms with Gasteiger partial charge in [-0.3, -0.25) is 0 Å². The van der Waals surface area contributed by atoms with Crippen molar-refractivity contribution in [1.82, 2.24) is 0 Å². The zero-order valence-electron chi connectivity index (χ0n) is 4.70. The molecule has 0 spiro atoms. The molecule has 50 valence electrons. The van der Waals surface area contributed by atoms with E-state index in [0.717, 1.165) is 0 Å². The first-order chi connectivity index (χ1) is 3.56. The molecule has 1 atom stereocenters. The molecule has 0 radical (unpaired) electrons. The fourth-order valence-electron chi connectivity index (χ4n) is 0.292. The van der Waals surface area contributed by atoms with E-state index >= 15 is 0 Å². The predicted molar refractivity (Wildman–Crippen MR) is 27.4 cm³/mol. The largest absolute Gasteiger partial charge is 0.778 e. The summed E-state index contributed by atoms with van der Waals surface area (Å²) in [5, 5.41) is 1.70. The fourth-order valence-corrected chi connectivity index (χ4v) is 0.877. The molecule has 3 N–H and O–H groups in total. The molecule has 5 heteroatoms. The van der Waals surface area contributed by atoms with Gasteiger partial charge in [-0.2, -0.15) is 0 Å². The molecule has 0 aromatic heterocycles. The quantitative estimate of drug-likeness (QED) is 0.432. The van der Waals surface area contributed by atoms with Crippen LogP contribution in [0.1, 0.15) is 0 Å². The van der Waals surface area contributed by atoms with Gasteiger partial charge in [0.15, 0.2) is 0 Å². The van der Waals surface area contributed by atoms with E-state index in [1.807, 2.05) is 0 Å². The van der Waals surface area contributed by atoms with Crippen LogP contribution in [0.15, 0.2) is 0 Å². The zero-order valence-corrected chi connectivity index (χ0v) is 5.60. The zero-order chi connectivity index (χ0) is 6.62. The molecule has 0 saturated heterocycles. The van der Waals surface area contributed by atoms with Crippen LogP contribution >= 0.6 is 7.60 Å². The predicted octanol–water partition coefficient (Wildman–Crippen LogP) is -2.27. The number of quaternary nitrogens is 1. The van der Waals surface area contributed by atoms with Gasteiger partial charge < -0.3 is 19.7 Å². The number of hydrogen-bond donors (Lipinski definition) is 2. The van der Waals surface area contributed by atoms with E-state index in [1.165, 1.54) is 0 Å². The van der Waals surface area contributed by atoms with Crippen molar-refractivity contribution in [3.8, 4) is 0 Å². The first-order valence-electron chi connectivity index (χ1n) is 2.37. The Morgan fingerprint density at radius 1 is 1.88 bits per heavy atom. The smallest absolute Gasteiger partial charge is 0.138 e. The van der Waals surface area contributed by atoms with Crippen molar-refractivity contribution in [3.63, 3.8) is 0 Å². The first-order valence-corrected chi connectivity index (χ1v) is 4.13. The molecule has 0 aromatic carbocycles. The van der Waals surface area contributed by atoms with Crippen LogP contribution in [0.2, 0.25) is 0 Å². The van der Waals surface area contributed by atoms with Crippen LogP contribution < -0.4 is 10.2 Å². The summed E-state index contributed by atoms with van der Waals surface area (Å²) in [6, 6.07) is 0. The molecule has 0 aliphatic heterocycles. The van der Waals surface area contributed by atoms with Crippen molar-refractivity contribution in [2.24, 2.45) is 0 Å². The van der Waals surface area contributed by atoms with Crippen molar-refractivity contribution < 1.29 is 19.7 Å². The average Bonchev–Trinajstić information content (AvgIpc) is 1.59. The summed E-state index contributed by atoms with van der Waals surface area (Å²) < 4.78 is 9.95. The van der Waals surface area contributed by atoms with Crippen LogP contribution in [-0.4, -0.2) is 24.6 Å². The highest BCUT2D eigenvalue weighted by atomic mass is 31.2. The Hall–Kier alpha value is 0.110. The fraction of sp³-hybridized carbons (Fsp3) is 1.00. The van der Waals surface area contributed by atoms with Gasteiger partial charge in [0, 0.05) is 0 Å². The number of rotatable bonds is 3. The van der Waals surface area contributed by atoms with E-state index in [2.05, 4.69) is 0 Å². The summed E-state index contributed by atoms with van der Waals surface area (Å²) >= 11 is 0. The number of nitrogens with two attached hydrogens (primary N) is 1. The Balaban J connectivity index is 3.26. The summed E-state index contributed by atoms with van der Waals surface area (Å²) in [5.74, 6) is 0. The van der Waals surface area contributed by atoms with Gasteiger partial charge in [-0.15, -0.1) is 0 Å². The maximum Gasteiger partial charge on any atom is 0.138 e. The van der Waals surface area contributed by atoms with Crippen molar-refractivity contribution in [3.05, 3.63) is 0 Å². The lowest BCUT2D eigenvalue weighted by atomic mass is 10.8. The van der Waals surface area contributed by atoms with Crippen LogP contribution in [0.4, 0.5) is 0 Å². The van der Waals surface area contributed by atoms with Gasteiger partial charge in [-0.05, 0) is 0 Å².